The fraction of sp³-hybridized carbons (Fsp3) is 0.700. The maximum atomic E-state index is 5.67. The van der Waals surface area contributed by atoms with Gasteiger partial charge in [0.2, 0.25) is 5.89 Å². The van der Waals surface area contributed by atoms with Gasteiger partial charge in [0.15, 0.2) is 0 Å². The Labute approximate surface area is 83.4 Å². The predicted octanol–water partition coefficient (Wildman–Crippen LogP) is 1.59. The molecule has 0 radical (unpaired) electrons. The molecule has 78 valence electrons. The second-order valence-corrected chi connectivity index (χ2v) is 3.80. The third kappa shape index (κ3) is 1.96. The zero-order chi connectivity index (χ0) is 9.97. The molecule has 0 amide bonds. The van der Waals surface area contributed by atoms with Crippen LogP contribution in [0.4, 0.5) is 0 Å². The molecule has 2 rings (SSSR count). The van der Waals surface area contributed by atoms with E-state index in [2.05, 4.69) is 4.98 Å². The highest BCUT2D eigenvalue weighted by Gasteiger charge is 2.20. The molecule has 0 saturated carbocycles. The van der Waals surface area contributed by atoms with Gasteiger partial charge in [-0.15, -0.1) is 0 Å². The molecule has 1 saturated heterocycles. The van der Waals surface area contributed by atoms with Crippen LogP contribution < -0.4 is 5.73 Å². The van der Waals surface area contributed by atoms with E-state index in [1.54, 1.807) is 6.20 Å². The Morgan fingerprint density at radius 3 is 3.07 bits per heavy atom. The van der Waals surface area contributed by atoms with Crippen molar-refractivity contribution in [2.75, 3.05) is 13.2 Å². The van der Waals surface area contributed by atoms with Gasteiger partial charge in [-0.25, -0.2) is 4.98 Å². The average molecular weight is 196 g/mol. The second-order valence-electron chi connectivity index (χ2n) is 3.80. The summed E-state index contributed by atoms with van der Waals surface area (Å²) in [7, 11) is 0. The highest BCUT2D eigenvalue weighted by Crippen LogP contribution is 2.26. The molecule has 0 spiro atoms. The summed E-state index contributed by atoms with van der Waals surface area (Å²) in [5, 5.41) is 0. The summed E-state index contributed by atoms with van der Waals surface area (Å²) in [5.41, 5.74) is 5.67. The van der Waals surface area contributed by atoms with Gasteiger partial charge in [0.1, 0.15) is 5.76 Å². The van der Waals surface area contributed by atoms with E-state index in [4.69, 9.17) is 14.9 Å². The molecule has 0 aromatic carbocycles. The van der Waals surface area contributed by atoms with Crippen LogP contribution in [0.3, 0.4) is 0 Å². The molecule has 1 aliphatic rings. The first-order valence-corrected chi connectivity index (χ1v) is 5.06. The number of aromatic nitrogens is 1. The Morgan fingerprint density at radius 2 is 2.50 bits per heavy atom. The number of nitrogens with zero attached hydrogens (tertiary/aromatic N) is 1. The highest BCUT2D eigenvalue weighted by molar-refractivity contribution is 5.04. The van der Waals surface area contributed by atoms with Crippen molar-refractivity contribution in [1.29, 1.82) is 0 Å². The Kier molecular flexibility index (Phi) is 2.84. The van der Waals surface area contributed by atoms with E-state index in [1.807, 2.05) is 6.92 Å². The van der Waals surface area contributed by atoms with Crippen LogP contribution in [-0.2, 0) is 4.74 Å². The second kappa shape index (κ2) is 4.11. The van der Waals surface area contributed by atoms with Crippen molar-refractivity contribution in [2.24, 2.45) is 5.73 Å². The van der Waals surface area contributed by atoms with E-state index in [1.165, 1.54) is 0 Å². The van der Waals surface area contributed by atoms with Crippen molar-refractivity contribution in [1.82, 2.24) is 4.98 Å². The summed E-state index contributed by atoms with van der Waals surface area (Å²) in [6, 6.07) is -0.131. The summed E-state index contributed by atoms with van der Waals surface area (Å²) < 4.78 is 11.0. The van der Waals surface area contributed by atoms with Gasteiger partial charge in [-0.3, -0.25) is 0 Å². The van der Waals surface area contributed by atoms with Gasteiger partial charge >= 0.3 is 0 Å². The molecule has 2 unspecified atom stereocenters. The van der Waals surface area contributed by atoms with Gasteiger partial charge in [-0.05, 0) is 19.8 Å². The van der Waals surface area contributed by atoms with Gasteiger partial charge in [0, 0.05) is 12.5 Å². The van der Waals surface area contributed by atoms with E-state index in [-0.39, 0.29) is 6.04 Å². The first-order valence-electron chi connectivity index (χ1n) is 5.06. The minimum atomic E-state index is -0.131. The largest absolute Gasteiger partial charge is 0.444 e. The third-order valence-electron chi connectivity index (χ3n) is 2.49. The quantitative estimate of drug-likeness (QED) is 0.780. The van der Waals surface area contributed by atoms with E-state index >= 15 is 0 Å². The third-order valence-corrected chi connectivity index (χ3v) is 2.49. The maximum Gasteiger partial charge on any atom is 0.211 e. The molecule has 2 atom stereocenters. The Hall–Kier alpha value is -0.870. The molecule has 0 bridgehead atoms. The lowest BCUT2D eigenvalue weighted by Gasteiger charge is -2.19. The minimum Gasteiger partial charge on any atom is -0.444 e. The van der Waals surface area contributed by atoms with Crippen LogP contribution >= 0.6 is 0 Å². The predicted molar refractivity (Wildman–Crippen MR) is 51.9 cm³/mol. The monoisotopic (exact) mass is 196 g/mol. The minimum absolute atomic E-state index is 0.131. The van der Waals surface area contributed by atoms with Crippen molar-refractivity contribution in [3.63, 3.8) is 0 Å². The highest BCUT2D eigenvalue weighted by atomic mass is 16.5. The van der Waals surface area contributed by atoms with Crippen LogP contribution in [0.15, 0.2) is 10.6 Å². The van der Waals surface area contributed by atoms with Gasteiger partial charge in [0.25, 0.3) is 0 Å². The van der Waals surface area contributed by atoms with Crippen LogP contribution in [0.25, 0.3) is 0 Å². The summed E-state index contributed by atoms with van der Waals surface area (Å²) in [5.74, 6) is 1.89. The molecule has 1 fully saturated rings. The van der Waals surface area contributed by atoms with Crippen molar-refractivity contribution in [3.05, 3.63) is 17.8 Å². The molecule has 4 nitrogen and oxygen atoms in total. The van der Waals surface area contributed by atoms with Crippen molar-refractivity contribution >= 4 is 0 Å². The van der Waals surface area contributed by atoms with E-state index in [0.29, 0.717) is 11.8 Å². The number of ether oxygens (including phenoxy) is 1. The van der Waals surface area contributed by atoms with Gasteiger partial charge in [-0.1, -0.05) is 0 Å². The average Bonchev–Trinajstić information content (AvgIpc) is 2.68. The molecule has 4 heteroatoms. The van der Waals surface area contributed by atoms with Crippen molar-refractivity contribution < 1.29 is 9.15 Å². The van der Waals surface area contributed by atoms with Crippen LogP contribution in [0, 0.1) is 0 Å². The standard InChI is InChI=1S/C10H16N2O2/c1-7(11)10-12-5-9(14-10)8-3-2-4-13-6-8/h5,7-8H,2-4,6,11H2,1H3. The van der Waals surface area contributed by atoms with Crippen LogP contribution in [-0.4, -0.2) is 18.2 Å². The lowest BCUT2D eigenvalue weighted by atomic mass is 10.0. The number of rotatable bonds is 2. The Balaban J connectivity index is 2.07. The molecule has 2 N–H and O–H groups in total. The molecule has 1 aliphatic heterocycles. The Bertz CT molecular complexity index is 290. The normalized spacial score (nSPS) is 24.9. The van der Waals surface area contributed by atoms with Crippen molar-refractivity contribution in [2.45, 2.75) is 31.7 Å². The smallest absolute Gasteiger partial charge is 0.211 e. The van der Waals surface area contributed by atoms with Crippen LogP contribution in [0.2, 0.25) is 0 Å². The zero-order valence-corrected chi connectivity index (χ0v) is 8.40. The first-order chi connectivity index (χ1) is 6.77. The molecule has 2 heterocycles. The first kappa shape index (κ1) is 9.68. The SMILES string of the molecule is CC(N)c1ncc(C2CCCOC2)o1. The maximum absolute atomic E-state index is 5.67. The molecular weight excluding hydrogens is 180 g/mol. The van der Waals surface area contributed by atoms with Gasteiger partial charge in [0.05, 0.1) is 18.8 Å². The van der Waals surface area contributed by atoms with E-state index in [0.717, 1.165) is 31.8 Å². The summed E-state index contributed by atoms with van der Waals surface area (Å²) in [6.07, 6.45) is 3.99. The molecule has 1 aromatic heterocycles. The summed E-state index contributed by atoms with van der Waals surface area (Å²) in [4.78, 5) is 4.14. The number of hydrogen-bond acceptors (Lipinski definition) is 4. The zero-order valence-electron chi connectivity index (χ0n) is 8.40. The fourth-order valence-electron chi connectivity index (χ4n) is 1.67. The van der Waals surface area contributed by atoms with E-state index in [9.17, 15) is 0 Å². The molecular formula is C10H16N2O2. The molecule has 14 heavy (non-hydrogen) atoms. The Morgan fingerprint density at radius 1 is 1.64 bits per heavy atom. The summed E-state index contributed by atoms with van der Waals surface area (Å²) >= 11 is 0. The van der Waals surface area contributed by atoms with Crippen LogP contribution in [0.5, 0.6) is 0 Å². The topological polar surface area (TPSA) is 61.3 Å². The fourth-order valence-corrected chi connectivity index (χ4v) is 1.67. The summed E-state index contributed by atoms with van der Waals surface area (Å²) in [6.45, 7) is 3.48. The van der Waals surface area contributed by atoms with E-state index < -0.39 is 0 Å². The lowest BCUT2D eigenvalue weighted by molar-refractivity contribution is 0.0737. The van der Waals surface area contributed by atoms with Gasteiger partial charge < -0.3 is 14.9 Å². The molecule has 0 aliphatic carbocycles. The van der Waals surface area contributed by atoms with Crippen molar-refractivity contribution in [3.8, 4) is 0 Å². The number of hydrogen-bond donors (Lipinski definition) is 1. The number of oxazole rings is 1. The lowest BCUT2D eigenvalue weighted by Crippen LogP contribution is -2.14. The van der Waals surface area contributed by atoms with Crippen LogP contribution in [0.1, 0.15) is 43.4 Å². The molecule has 1 aromatic rings. The van der Waals surface area contributed by atoms with Gasteiger partial charge in [-0.2, -0.15) is 0 Å². The number of nitrogens with two attached hydrogens (primary N) is 1.